The number of thiocarbonyl (C=S) groups is 1. The molecule has 1 aromatic heterocycles. The van der Waals surface area contributed by atoms with Crippen LogP contribution in [-0.4, -0.2) is 21.4 Å². The average Bonchev–Trinajstić information content (AvgIpc) is 2.90. The number of nitrogens with one attached hydrogen (secondary N) is 1. The molecule has 0 spiro atoms. The molecule has 3 aromatic rings. The monoisotopic (exact) mass is 310 g/mol. The molecule has 1 aliphatic rings. The minimum Gasteiger partial charge on any atom is -0.356 e. The van der Waals surface area contributed by atoms with Gasteiger partial charge in [0, 0.05) is 24.0 Å². The molecular formula is C18H15FN2S. The van der Waals surface area contributed by atoms with Crippen LogP contribution < -0.4 is 0 Å². The van der Waals surface area contributed by atoms with E-state index in [-0.39, 0.29) is 5.82 Å². The van der Waals surface area contributed by atoms with Crippen molar-refractivity contribution < 1.29 is 4.39 Å². The Labute approximate surface area is 133 Å². The maximum atomic E-state index is 13.5. The molecule has 0 amide bonds. The topological polar surface area (TPSA) is 19.0 Å². The van der Waals surface area contributed by atoms with Crippen molar-refractivity contribution >= 4 is 28.1 Å². The van der Waals surface area contributed by atoms with Crippen molar-refractivity contribution in [3.8, 4) is 0 Å². The van der Waals surface area contributed by atoms with Crippen LogP contribution in [0.3, 0.4) is 0 Å². The van der Waals surface area contributed by atoms with Gasteiger partial charge >= 0.3 is 0 Å². The minimum absolute atomic E-state index is 0.202. The summed E-state index contributed by atoms with van der Waals surface area (Å²) in [5, 5.41) is 0.955. The Kier molecular flexibility index (Phi) is 3.19. The molecule has 110 valence electrons. The van der Waals surface area contributed by atoms with E-state index >= 15 is 0 Å². The Hall–Kier alpha value is -2.20. The summed E-state index contributed by atoms with van der Waals surface area (Å²) in [6.07, 6.45) is 0.881. The van der Waals surface area contributed by atoms with Gasteiger partial charge in [-0.3, -0.25) is 0 Å². The maximum Gasteiger partial charge on any atom is 0.126 e. The Morgan fingerprint density at radius 2 is 1.95 bits per heavy atom. The van der Waals surface area contributed by atoms with Crippen LogP contribution in [0.4, 0.5) is 4.39 Å². The van der Waals surface area contributed by atoms with Crippen molar-refractivity contribution in [2.75, 3.05) is 6.54 Å². The lowest BCUT2D eigenvalue weighted by atomic mass is 10.0. The number of aromatic amines is 1. The predicted octanol–water partition coefficient (Wildman–Crippen LogP) is 4.04. The van der Waals surface area contributed by atoms with E-state index in [1.807, 2.05) is 18.2 Å². The summed E-state index contributed by atoms with van der Waals surface area (Å²) in [5.74, 6) is -0.202. The van der Waals surface area contributed by atoms with Gasteiger partial charge in [-0.25, -0.2) is 4.39 Å². The van der Waals surface area contributed by atoms with E-state index in [1.54, 1.807) is 12.1 Å². The lowest BCUT2D eigenvalue weighted by Crippen LogP contribution is -2.36. The summed E-state index contributed by atoms with van der Waals surface area (Å²) in [5.41, 5.74) is 4.31. The van der Waals surface area contributed by atoms with Gasteiger partial charge in [0.2, 0.25) is 0 Å². The highest BCUT2D eigenvalue weighted by Gasteiger charge is 2.25. The lowest BCUT2D eigenvalue weighted by molar-refractivity contribution is 0.415. The second-order valence-electron chi connectivity index (χ2n) is 5.63. The number of fused-ring (bicyclic) bond motifs is 3. The van der Waals surface area contributed by atoms with Crippen molar-refractivity contribution in [2.45, 2.75) is 13.0 Å². The quantitative estimate of drug-likeness (QED) is 0.720. The highest BCUT2D eigenvalue weighted by Crippen LogP contribution is 2.29. The molecule has 0 bridgehead atoms. The molecular weight excluding hydrogens is 295 g/mol. The second kappa shape index (κ2) is 5.21. The zero-order valence-electron chi connectivity index (χ0n) is 12.0. The first-order valence-corrected chi connectivity index (χ1v) is 7.76. The fraction of sp³-hybridized carbons (Fsp3) is 0.167. The first-order chi connectivity index (χ1) is 10.7. The van der Waals surface area contributed by atoms with E-state index in [2.05, 4.69) is 22.0 Å². The van der Waals surface area contributed by atoms with E-state index in [1.165, 1.54) is 11.6 Å². The van der Waals surface area contributed by atoms with Gasteiger partial charge in [-0.2, -0.15) is 0 Å². The standard InChI is InChI=1S/C18H15FN2S/c19-13-6-7-16-15(10-13)14-8-9-21(18(22)17(14)20-16)11-12-4-2-1-3-5-12/h1-7,10,20H,8-9,11H2. The molecule has 22 heavy (non-hydrogen) atoms. The van der Waals surface area contributed by atoms with Crippen LogP contribution in [0.25, 0.3) is 10.9 Å². The Balaban J connectivity index is 1.70. The summed E-state index contributed by atoms with van der Waals surface area (Å²) in [7, 11) is 0. The second-order valence-corrected chi connectivity index (χ2v) is 6.02. The molecule has 4 rings (SSSR count). The number of benzene rings is 2. The third kappa shape index (κ3) is 2.20. The maximum absolute atomic E-state index is 13.5. The number of halogens is 1. The van der Waals surface area contributed by atoms with Gasteiger partial charge in [-0.15, -0.1) is 0 Å². The molecule has 1 N–H and O–H groups in total. The number of hydrogen-bond acceptors (Lipinski definition) is 1. The van der Waals surface area contributed by atoms with Crippen LogP contribution in [0.5, 0.6) is 0 Å². The van der Waals surface area contributed by atoms with Gasteiger partial charge in [0.05, 0.1) is 5.69 Å². The van der Waals surface area contributed by atoms with Crippen LogP contribution in [0, 0.1) is 5.82 Å². The Morgan fingerprint density at radius 1 is 1.14 bits per heavy atom. The summed E-state index contributed by atoms with van der Waals surface area (Å²) in [6, 6.07) is 15.2. The zero-order chi connectivity index (χ0) is 15.1. The van der Waals surface area contributed by atoms with Gasteiger partial charge < -0.3 is 9.88 Å². The fourth-order valence-corrected chi connectivity index (χ4v) is 3.45. The van der Waals surface area contributed by atoms with Crippen molar-refractivity contribution in [1.82, 2.24) is 9.88 Å². The number of rotatable bonds is 2. The minimum atomic E-state index is -0.202. The van der Waals surface area contributed by atoms with Gasteiger partial charge in [0.1, 0.15) is 10.8 Å². The molecule has 0 radical (unpaired) electrons. The van der Waals surface area contributed by atoms with E-state index in [0.29, 0.717) is 0 Å². The number of H-pyrrole nitrogens is 1. The van der Waals surface area contributed by atoms with E-state index in [0.717, 1.165) is 46.7 Å². The largest absolute Gasteiger partial charge is 0.356 e. The molecule has 2 aromatic carbocycles. The first kappa shape index (κ1) is 13.5. The average molecular weight is 310 g/mol. The molecule has 2 nitrogen and oxygen atoms in total. The van der Waals surface area contributed by atoms with Crippen molar-refractivity contribution in [1.29, 1.82) is 0 Å². The highest BCUT2D eigenvalue weighted by molar-refractivity contribution is 7.80. The van der Waals surface area contributed by atoms with Gasteiger partial charge in [0.25, 0.3) is 0 Å². The Bertz CT molecular complexity index is 854. The lowest BCUT2D eigenvalue weighted by Gasteiger charge is -2.29. The normalized spacial score (nSPS) is 14.4. The molecule has 0 saturated heterocycles. The summed E-state index contributed by atoms with van der Waals surface area (Å²) >= 11 is 5.66. The molecule has 2 heterocycles. The number of hydrogen-bond donors (Lipinski definition) is 1. The van der Waals surface area contributed by atoms with Crippen LogP contribution in [0.15, 0.2) is 48.5 Å². The molecule has 0 fully saturated rings. The number of aromatic nitrogens is 1. The Morgan fingerprint density at radius 3 is 2.77 bits per heavy atom. The fourth-order valence-electron chi connectivity index (χ4n) is 3.12. The summed E-state index contributed by atoms with van der Waals surface area (Å²) < 4.78 is 13.5. The van der Waals surface area contributed by atoms with Crippen LogP contribution >= 0.6 is 12.2 Å². The van der Waals surface area contributed by atoms with Crippen molar-refractivity contribution in [3.63, 3.8) is 0 Å². The molecule has 0 unspecified atom stereocenters. The summed E-state index contributed by atoms with van der Waals surface area (Å²) in [6.45, 7) is 1.67. The van der Waals surface area contributed by atoms with Gasteiger partial charge in [-0.05, 0) is 35.7 Å². The zero-order valence-corrected chi connectivity index (χ0v) is 12.8. The van der Waals surface area contributed by atoms with E-state index < -0.39 is 0 Å². The predicted molar refractivity (Wildman–Crippen MR) is 90.5 cm³/mol. The molecule has 0 atom stereocenters. The molecule has 4 heteroatoms. The van der Waals surface area contributed by atoms with Crippen LogP contribution in [0.2, 0.25) is 0 Å². The SMILES string of the molecule is Fc1ccc2[nH]c3c(c2c1)CCN(Cc1ccccc1)C3=S. The number of nitrogens with zero attached hydrogens (tertiary/aromatic N) is 1. The molecule has 1 aliphatic heterocycles. The summed E-state index contributed by atoms with van der Waals surface area (Å²) in [4.78, 5) is 6.39. The van der Waals surface area contributed by atoms with Crippen molar-refractivity contribution in [3.05, 3.63) is 71.2 Å². The van der Waals surface area contributed by atoms with Crippen LogP contribution in [-0.2, 0) is 13.0 Å². The van der Waals surface area contributed by atoms with Crippen molar-refractivity contribution in [2.24, 2.45) is 0 Å². The smallest absolute Gasteiger partial charge is 0.126 e. The van der Waals surface area contributed by atoms with Crippen LogP contribution in [0.1, 0.15) is 16.8 Å². The molecule has 0 aliphatic carbocycles. The molecule has 0 saturated carbocycles. The third-order valence-corrected chi connectivity index (χ3v) is 4.68. The van der Waals surface area contributed by atoms with E-state index in [9.17, 15) is 4.39 Å². The first-order valence-electron chi connectivity index (χ1n) is 7.35. The van der Waals surface area contributed by atoms with Gasteiger partial charge in [-0.1, -0.05) is 42.5 Å². The third-order valence-electron chi connectivity index (χ3n) is 4.22. The highest BCUT2D eigenvalue weighted by atomic mass is 32.1. The van der Waals surface area contributed by atoms with Gasteiger partial charge in [0.15, 0.2) is 0 Å². The van der Waals surface area contributed by atoms with E-state index in [4.69, 9.17) is 12.2 Å².